The van der Waals surface area contributed by atoms with Crippen molar-refractivity contribution in [1.82, 2.24) is 4.98 Å². The van der Waals surface area contributed by atoms with Crippen molar-refractivity contribution >= 4 is 21.5 Å². The van der Waals surface area contributed by atoms with Crippen LogP contribution in [0, 0.1) is 0 Å². The van der Waals surface area contributed by atoms with Gasteiger partial charge in [0.15, 0.2) is 0 Å². The number of aryl methyl sites for hydroxylation is 1. The zero-order valence-corrected chi connectivity index (χ0v) is 14.7. The van der Waals surface area contributed by atoms with E-state index in [-0.39, 0.29) is 0 Å². The van der Waals surface area contributed by atoms with Gasteiger partial charge in [-0.05, 0) is 35.1 Å². The fraction of sp³-hybridized carbons (Fsp3) is 0.208. The lowest BCUT2D eigenvalue weighted by Crippen LogP contribution is -1.95. The van der Waals surface area contributed by atoms with Gasteiger partial charge in [-0.2, -0.15) is 0 Å². The fourth-order valence-electron chi connectivity index (χ4n) is 3.58. The molecule has 1 heteroatoms. The van der Waals surface area contributed by atoms with Crippen LogP contribution in [0.4, 0.5) is 0 Å². The lowest BCUT2D eigenvalue weighted by Gasteiger charge is -2.12. The summed E-state index contributed by atoms with van der Waals surface area (Å²) in [5.74, 6) is 0. The summed E-state index contributed by atoms with van der Waals surface area (Å²) in [4.78, 5) is 5.09. The predicted octanol–water partition coefficient (Wildman–Crippen LogP) is 6.79. The van der Waals surface area contributed by atoms with Gasteiger partial charge in [-0.3, -0.25) is 4.98 Å². The first-order valence-electron chi connectivity index (χ1n) is 9.23. The molecule has 0 aliphatic heterocycles. The van der Waals surface area contributed by atoms with Crippen LogP contribution in [0.1, 0.15) is 31.9 Å². The number of hydrogen-bond donors (Lipinski definition) is 0. The van der Waals surface area contributed by atoms with Crippen LogP contribution in [0.15, 0.2) is 72.8 Å². The molecule has 25 heavy (non-hydrogen) atoms. The summed E-state index contributed by atoms with van der Waals surface area (Å²) < 4.78 is 0. The first-order valence-corrected chi connectivity index (χ1v) is 9.23. The molecule has 0 N–H and O–H groups in total. The normalized spacial score (nSPS) is 11.2. The van der Waals surface area contributed by atoms with Gasteiger partial charge in [-0.15, -0.1) is 0 Å². The molecule has 124 valence electrons. The van der Waals surface area contributed by atoms with Crippen molar-refractivity contribution in [3.05, 3.63) is 78.5 Å². The molecule has 1 aromatic heterocycles. The van der Waals surface area contributed by atoms with Crippen molar-refractivity contribution < 1.29 is 0 Å². The number of nitrogens with zero attached hydrogens (tertiary/aromatic N) is 1. The SMILES string of the molecule is CCCCCc1cc2ccccc2c(-c2cccc3ccccc23)n1. The average molecular weight is 325 g/mol. The van der Waals surface area contributed by atoms with Crippen LogP contribution in [-0.2, 0) is 6.42 Å². The molecular weight excluding hydrogens is 302 g/mol. The van der Waals surface area contributed by atoms with Crippen molar-refractivity contribution in [3.63, 3.8) is 0 Å². The summed E-state index contributed by atoms with van der Waals surface area (Å²) in [6.45, 7) is 2.25. The van der Waals surface area contributed by atoms with Crippen LogP contribution in [0.5, 0.6) is 0 Å². The van der Waals surface area contributed by atoms with Gasteiger partial charge in [-0.1, -0.05) is 86.5 Å². The minimum atomic E-state index is 1.05. The van der Waals surface area contributed by atoms with E-state index >= 15 is 0 Å². The Kier molecular flexibility index (Phi) is 4.47. The largest absolute Gasteiger partial charge is 0.252 e. The average Bonchev–Trinajstić information content (AvgIpc) is 2.67. The summed E-state index contributed by atoms with van der Waals surface area (Å²) in [7, 11) is 0. The molecule has 4 rings (SSSR count). The summed E-state index contributed by atoms with van der Waals surface area (Å²) in [6.07, 6.45) is 4.76. The molecular formula is C24H23N. The number of rotatable bonds is 5. The summed E-state index contributed by atoms with van der Waals surface area (Å²) >= 11 is 0. The number of aromatic nitrogens is 1. The first kappa shape index (κ1) is 15.8. The van der Waals surface area contributed by atoms with E-state index < -0.39 is 0 Å². The van der Waals surface area contributed by atoms with E-state index in [4.69, 9.17) is 4.98 Å². The molecule has 0 saturated carbocycles. The Bertz CT molecular complexity index is 1010. The van der Waals surface area contributed by atoms with Gasteiger partial charge >= 0.3 is 0 Å². The summed E-state index contributed by atoms with van der Waals surface area (Å²) in [5, 5.41) is 5.06. The zero-order chi connectivity index (χ0) is 17.1. The first-order chi connectivity index (χ1) is 12.4. The molecule has 0 aliphatic rings. The number of benzene rings is 3. The molecule has 1 heterocycles. The minimum absolute atomic E-state index is 1.05. The maximum atomic E-state index is 5.09. The second-order valence-corrected chi connectivity index (χ2v) is 6.67. The highest BCUT2D eigenvalue weighted by atomic mass is 14.7. The highest BCUT2D eigenvalue weighted by Crippen LogP contribution is 2.33. The third kappa shape index (κ3) is 3.15. The van der Waals surface area contributed by atoms with E-state index in [1.54, 1.807) is 0 Å². The van der Waals surface area contributed by atoms with Crippen LogP contribution >= 0.6 is 0 Å². The van der Waals surface area contributed by atoms with Crippen LogP contribution in [0.3, 0.4) is 0 Å². The van der Waals surface area contributed by atoms with E-state index in [0.717, 1.165) is 12.1 Å². The molecule has 0 aliphatic carbocycles. The van der Waals surface area contributed by atoms with Crippen LogP contribution < -0.4 is 0 Å². The van der Waals surface area contributed by atoms with Crippen molar-refractivity contribution in [3.8, 4) is 11.3 Å². The summed E-state index contributed by atoms with van der Waals surface area (Å²) in [5.41, 5.74) is 3.54. The fourth-order valence-corrected chi connectivity index (χ4v) is 3.58. The highest BCUT2D eigenvalue weighted by molar-refractivity contribution is 6.03. The zero-order valence-electron chi connectivity index (χ0n) is 14.7. The lowest BCUT2D eigenvalue weighted by molar-refractivity contribution is 0.708. The minimum Gasteiger partial charge on any atom is -0.252 e. The Balaban J connectivity index is 1.92. The Morgan fingerprint density at radius 2 is 1.44 bits per heavy atom. The smallest absolute Gasteiger partial charge is 0.0789 e. The van der Waals surface area contributed by atoms with Gasteiger partial charge in [-0.25, -0.2) is 0 Å². The van der Waals surface area contributed by atoms with Gasteiger partial charge < -0.3 is 0 Å². The quantitative estimate of drug-likeness (QED) is 0.368. The lowest BCUT2D eigenvalue weighted by atomic mass is 9.97. The van der Waals surface area contributed by atoms with Gasteiger partial charge in [0.25, 0.3) is 0 Å². The predicted molar refractivity (Wildman–Crippen MR) is 108 cm³/mol. The second-order valence-electron chi connectivity index (χ2n) is 6.67. The van der Waals surface area contributed by atoms with E-state index in [2.05, 4.69) is 79.7 Å². The van der Waals surface area contributed by atoms with Crippen molar-refractivity contribution in [2.24, 2.45) is 0 Å². The Morgan fingerprint density at radius 3 is 2.28 bits per heavy atom. The number of unbranched alkanes of at least 4 members (excludes halogenated alkanes) is 2. The molecule has 0 fully saturated rings. The van der Waals surface area contributed by atoms with E-state index in [9.17, 15) is 0 Å². The van der Waals surface area contributed by atoms with E-state index in [1.165, 1.54) is 52.1 Å². The monoisotopic (exact) mass is 325 g/mol. The standard InChI is InChI=1S/C24H23N/c1-2-3-4-13-20-17-19-11-6-8-15-22(19)24(25-20)23-16-9-12-18-10-5-7-14-21(18)23/h5-12,14-17H,2-4,13H2,1H3. The number of pyridine rings is 1. The molecule has 0 atom stereocenters. The van der Waals surface area contributed by atoms with E-state index in [0.29, 0.717) is 0 Å². The highest BCUT2D eigenvalue weighted by Gasteiger charge is 2.11. The molecule has 0 bridgehead atoms. The molecule has 0 saturated heterocycles. The van der Waals surface area contributed by atoms with Gasteiger partial charge in [0.1, 0.15) is 0 Å². The second kappa shape index (κ2) is 7.06. The van der Waals surface area contributed by atoms with Crippen LogP contribution in [-0.4, -0.2) is 4.98 Å². The van der Waals surface area contributed by atoms with Gasteiger partial charge in [0.05, 0.1) is 5.69 Å². The Hall–Kier alpha value is -2.67. The molecule has 0 amide bonds. The topological polar surface area (TPSA) is 12.9 Å². The number of hydrogen-bond acceptors (Lipinski definition) is 1. The van der Waals surface area contributed by atoms with Gasteiger partial charge in [0.2, 0.25) is 0 Å². The maximum absolute atomic E-state index is 5.09. The molecule has 0 spiro atoms. The number of fused-ring (bicyclic) bond motifs is 2. The molecule has 1 nitrogen and oxygen atoms in total. The molecule has 0 radical (unpaired) electrons. The molecule has 3 aromatic carbocycles. The maximum Gasteiger partial charge on any atom is 0.0789 e. The van der Waals surface area contributed by atoms with E-state index in [1.807, 2.05) is 0 Å². The third-order valence-electron chi connectivity index (χ3n) is 4.87. The van der Waals surface area contributed by atoms with Crippen molar-refractivity contribution in [2.45, 2.75) is 32.6 Å². The van der Waals surface area contributed by atoms with Gasteiger partial charge in [0, 0.05) is 16.6 Å². The molecule has 4 aromatic rings. The third-order valence-corrected chi connectivity index (χ3v) is 4.87. The summed E-state index contributed by atoms with van der Waals surface area (Å²) in [6, 6.07) is 26.0. The van der Waals surface area contributed by atoms with Crippen LogP contribution in [0.2, 0.25) is 0 Å². The van der Waals surface area contributed by atoms with Crippen molar-refractivity contribution in [1.29, 1.82) is 0 Å². The van der Waals surface area contributed by atoms with Crippen LogP contribution in [0.25, 0.3) is 32.8 Å². The Morgan fingerprint density at radius 1 is 0.720 bits per heavy atom. The Labute approximate surface area is 149 Å². The molecule has 0 unspecified atom stereocenters. The van der Waals surface area contributed by atoms with Crippen molar-refractivity contribution in [2.75, 3.05) is 0 Å².